The number of likely N-dealkylation sites (N-methyl/N-ethyl adjacent to an activating group) is 1. The summed E-state index contributed by atoms with van der Waals surface area (Å²) in [6.07, 6.45) is 1.85. The van der Waals surface area contributed by atoms with E-state index in [1.165, 1.54) is 17.5 Å². The summed E-state index contributed by atoms with van der Waals surface area (Å²) in [5.41, 5.74) is 3.97. The smallest absolute Gasteiger partial charge is 0.410 e. The Hall–Kier alpha value is -2.33. The summed E-state index contributed by atoms with van der Waals surface area (Å²) in [5, 5.41) is 2.92. The summed E-state index contributed by atoms with van der Waals surface area (Å²) in [4.78, 5) is 14.9. The van der Waals surface area contributed by atoms with Crippen LogP contribution in [0.3, 0.4) is 0 Å². The molecule has 1 aliphatic heterocycles. The van der Waals surface area contributed by atoms with Gasteiger partial charge >= 0.3 is 6.09 Å². The Morgan fingerprint density at radius 1 is 1.30 bits per heavy atom. The van der Waals surface area contributed by atoms with Crippen LogP contribution in [0.5, 0.6) is 5.75 Å². The molecule has 3 atom stereocenters. The molecule has 1 N–H and O–H groups in total. The first-order chi connectivity index (χ1) is 13.0. The fourth-order valence-electron chi connectivity index (χ4n) is 4.82. The molecule has 1 unspecified atom stereocenters. The van der Waals surface area contributed by atoms with Crippen molar-refractivity contribution in [3.8, 4) is 5.75 Å². The number of hydrogen-bond donors (Lipinski definition) is 1. The lowest BCUT2D eigenvalue weighted by Gasteiger charge is -2.29. The summed E-state index contributed by atoms with van der Waals surface area (Å²) in [5.74, 6) is 0.628. The van der Waals surface area contributed by atoms with E-state index in [9.17, 15) is 4.79 Å². The third kappa shape index (κ3) is 3.23. The van der Waals surface area contributed by atoms with Crippen molar-refractivity contribution in [2.45, 2.75) is 51.1 Å². The van der Waals surface area contributed by atoms with Gasteiger partial charge in [0.25, 0.3) is 0 Å². The number of likely N-dealkylation sites (tertiary alicyclic amines) is 1. The molecule has 0 saturated carbocycles. The maximum atomic E-state index is 12.4. The zero-order valence-corrected chi connectivity index (χ0v) is 16.4. The SMILES string of the molecule is CCN1CC[C@@]2(C)c3cc(OC(=O)N[C@@H](C)c4ccccc4)ccc3CC12. The molecular formula is C23H28N2O2. The monoisotopic (exact) mass is 364 g/mol. The number of ether oxygens (including phenoxy) is 1. The number of fused-ring (bicyclic) bond motifs is 3. The first-order valence-corrected chi connectivity index (χ1v) is 9.92. The topological polar surface area (TPSA) is 41.6 Å². The van der Waals surface area contributed by atoms with E-state index in [0.717, 1.165) is 25.1 Å². The number of rotatable bonds is 4. The summed E-state index contributed by atoms with van der Waals surface area (Å²) in [6.45, 7) is 8.80. The molecule has 2 aromatic carbocycles. The van der Waals surface area contributed by atoms with Crippen LogP contribution < -0.4 is 10.1 Å². The second kappa shape index (κ2) is 7.01. The van der Waals surface area contributed by atoms with Gasteiger partial charge in [-0.2, -0.15) is 0 Å². The quantitative estimate of drug-likeness (QED) is 0.872. The Kier molecular flexibility index (Phi) is 4.68. The standard InChI is InChI=1S/C23H28N2O2/c1-4-25-13-12-23(3)20-15-19(11-10-18(20)14-21(23)25)27-22(26)24-16(2)17-8-6-5-7-9-17/h5-11,15-16,21H,4,12-14H2,1-3H3,(H,24,26)/t16-,21?,23-/m0/s1. The fraction of sp³-hybridized carbons (Fsp3) is 0.435. The highest BCUT2D eigenvalue weighted by Gasteiger charge is 2.49. The molecule has 1 heterocycles. The van der Waals surface area contributed by atoms with E-state index in [1.807, 2.05) is 43.3 Å². The highest BCUT2D eigenvalue weighted by atomic mass is 16.6. The summed E-state index contributed by atoms with van der Waals surface area (Å²) in [6, 6.07) is 16.5. The van der Waals surface area contributed by atoms with Crippen LogP contribution in [0.2, 0.25) is 0 Å². The Balaban J connectivity index is 1.47. The third-order valence-electron chi connectivity index (χ3n) is 6.46. The maximum absolute atomic E-state index is 12.4. The lowest BCUT2D eigenvalue weighted by molar-refractivity contribution is 0.197. The maximum Gasteiger partial charge on any atom is 0.413 e. The minimum absolute atomic E-state index is 0.0945. The Morgan fingerprint density at radius 3 is 2.81 bits per heavy atom. The van der Waals surface area contributed by atoms with Gasteiger partial charge in [0.1, 0.15) is 5.75 Å². The van der Waals surface area contributed by atoms with Crippen LogP contribution >= 0.6 is 0 Å². The van der Waals surface area contributed by atoms with Crippen molar-refractivity contribution in [2.75, 3.05) is 13.1 Å². The average molecular weight is 364 g/mol. The van der Waals surface area contributed by atoms with E-state index < -0.39 is 6.09 Å². The van der Waals surface area contributed by atoms with Gasteiger partial charge in [-0.3, -0.25) is 4.90 Å². The predicted molar refractivity (Wildman–Crippen MR) is 107 cm³/mol. The number of carbonyl (C=O) groups excluding carboxylic acids is 1. The second-order valence-electron chi connectivity index (χ2n) is 8.00. The van der Waals surface area contributed by atoms with Gasteiger partial charge in [-0.05, 0) is 61.7 Å². The van der Waals surface area contributed by atoms with Crippen molar-refractivity contribution in [3.05, 3.63) is 65.2 Å². The van der Waals surface area contributed by atoms with Crippen molar-refractivity contribution in [3.63, 3.8) is 0 Å². The molecular weight excluding hydrogens is 336 g/mol. The molecule has 4 heteroatoms. The van der Waals surface area contributed by atoms with E-state index in [-0.39, 0.29) is 11.5 Å². The molecule has 4 rings (SSSR count). The van der Waals surface area contributed by atoms with E-state index in [0.29, 0.717) is 11.8 Å². The predicted octanol–water partition coefficient (Wildman–Crippen LogP) is 4.44. The van der Waals surface area contributed by atoms with Crippen molar-refractivity contribution in [2.24, 2.45) is 0 Å². The number of carbonyl (C=O) groups is 1. The normalized spacial score (nSPS) is 24.9. The average Bonchev–Trinajstić information content (AvgIpc) is 3.14. The second-order valence-corrected chi connectivity index (χ2v) is 8.00. The Bertz CT molecular complexity index is 836. The van der Waals surface area contributed by atoms with Crippen LogP contribution in [-0.2, 0) is 11.8 Å². The number of amides is 1. The van der Waals surface area contributed by atoms with Gasteiger partial charge < -0.3 is 10.1 Å². The van der Waals surface area contributed by atoms with Gasteiger partial charge in [-0.1, -0.05) is 50.2 Å². The van der Waals surface area contributed by atoms with E-state index >= 15 is 0 Å². The molecule has 1 saturated heterocycles. The molecule has 2 aliphatic rings. The van der Waals surface area contributed by atoms with E-state index in [2.05, 4.69) is 36.2 Å². The van der Waals surface area contributed by atoms with Crippen LogP contribution in [-0.4, -0.2) is 30.1 Å². The Labute approximate surface area is 161 Å². The molecule has 4 nitrogen and oxygen atoms in total. The highest BCUT2D eigenvalue weighted by Crippen LogP contribution is 2.48. The molecule has 0 spiro atoms. The van der Waals surface area contributed by atoms with Crippen molar-refractivity contribution in [1.29, 1.82) is 0 Å². The summed E-state index contributed by atoms with van der Waals surface area (Å²) >= 11 is 0. The van der Waals surface area contributed by atoms with Crippen molar-refractivity contribution < 1.29 is 9.53 Å². The van der Waals surface area contributed by atoms with Crippen LogP contribution in [0.15, 0.2) is 48.5 Å². The van der Waals surface area contributed by atoms with Crippen molar-refractivity contribution in [1.82, 2.24) is 10.2 Å². The van der Waals surface area contributed by atoms with Crippen LogP contribution in [0, 0.1) is 0 Å². The molecule has 1 fully saturated rings. The van der Waals surface area contributed by atoms with Crippen LogP contribution in [0.1, 0.15) is 49.9 Å². The molecule has 142 valence electrons. The molecule has 0 bridgehead atoms. The van der Waals surface area contributed by atoms with Crippen molar-refractivity contribution >= 4 is 6.09 Å². The lowest BCUT2D eigenvalue weighted by Crippen LogP contribution is -2.37. The molecule has 1 amide bonds. The molecule has 1 aliphatic carbocycles. The largest absolute Gasteiger partial charge is 0.413 e. The van der Waals surface area contributed by atoms with E-state index in [1.54, 1.807) is 0 Å². The number of benzene rings is 2. The number of hydrogen-bond acceptors (Lipinski definition) is 3. The first-order valence-electron chi connectivity index (χ1n) is 9.92. The van der Waals surface area contributed by atoms with Crippen LogP contribution in [0.25, 0.3) is 0 Å². The van der Waals surface area contributed by atoms with Gasteiger partial charge in [0.2, 0.25) is 0 Å². The third-order valence-corrected chi connectivity index (χ3v) is 6.46. The van der Waals surface area contributed by atoms with E-state index in [4.69, 9.17) is 4.74 Å². The molecule has 0 aromatic heterocycles. The minimum Gasteiger partial charge on any atom is -0.410 e. The van der Waals surface area contributed by atoms with Gasteiger partial charge in [0.05, 0.1) is 6.04 Å². The minimum atomic E-state index is -0.410. The summed E-state index contributed by atoms with van der Waals surface area (Å²) in [7, 11) is 0. The fourth-order valence-corrected chi connectivity index (χ4v) is 4.82. The van der Waals surface area contributed by atoms with Gasteiger partial charge in [0, 0.05) is 11.5 Å². The lowest BCUT2D eigenvalue weighted by atomic mass is 9.80. The number of nitrogens with one attached hydrogen (secondary N) is 1. The molecule has 0 radical (unpaired) electrons. The van der Waals surface area contributed by atoms with Gasteiger partial charge in [-0.25, -0.2) is 4.79 Å². The van der Waals surface area contributed by atoms with Gasteiger partial charge in [0.15, 0.2) is 0 Å². The molecule has 27 heavy (non-hydrogen) atoms. The van der Waals surface area contributed by atoms with Gasteiger partial charge in [-0.15, -0.1) is 0 Å². The highest BCUT2D eigenvalue weighted by molar-refractivity contribution is 5.71. The number of nitrogens with zero attached hydrogens (tertiary/aromatic N) is 1. The Morgan fingerprint density at radius 2 is 2.07 bits per heavy atom. The molecule has 2 aromatic rings. The summed E-state index contributed by atoms with van der Waals surface area (Å²) < 4.78 is 5.61. The van der Waals surface area contributed by atoms with Crippen LogP contribution in [0.4, 0.5) is 4.79 Å². The first kappa shape index (κ1) is 18.1. The zero-order valence-electron chi connectivity index (χ0n) is 16.4. The zero-order chi connectivity index (χ0) is 19.0.